The predicted molar refractivity (Wildman–Crippen MR) is 106 cm³/mol. The molecular weight excluding hydrogens is 376 g/mol. The van der Waals surface area contributed by atoms with E-state index in [0.717, 1.165) is 5.56 Å². The number of benzene rings is 2. The van der Waals surface area contributed by atoms with E-state index in [1.807, 2.05) is 35.2 Å². The van der Waals surface area contributed by atoms with Gasteiger partial charge in [-0.3, -0.25) is 4.79 Å². The van der Waals surface area contributed by atoms with Crippen molar-refractivity contribution in [3.63, 3.8) is 0 Å². The first kappa shape index (κ1) is 18.1. The van der Waals surface area contributed by atoms with Crippen LogP contribution in [0.15, 0.2) is 59.0 Å². The maximum absolute atomic E-state index is 12.7. The largest absolute Gasteiger partial charge is 0.419 e. The highest BCUT2D eigenvalue weighted by Gasteiger charge is 2.27. The normalized spacial score (nSPS) is 14.0. The third kappa shape index (κ3) is 3.57. The third-order valence-corrected chi connectivity index (χ3v) is 4.90. The second-order valence-corrected chi connectivity index (χ2v) is 6.88. The van der Waals surface area contributed by atoms with Crippen molar-refractivity contribution in [2.75, 3.05) is 31.1 Å². The third-order valence-electron chi connectivity index (χ3n) is 4.66. The molecule has 0 N–H and O–H groups in total. The number of hydrogen-bond donors (Lipinski definition) is 0. The molecule has 2 aromatic carbocycles. The molecule has 0 spiro atoms. The lowest BCUT2D eigenvalue weighted by Crippen LogP contribution is -2.48. The number of piperazine rings is 1. The van der Waals surface area contributed by atoms with Crippen molar-refractivity contribution < 1.29 is 9.21 Å². The number of rotatable bonds is 3. The van der Waals surface area contributed by atoms with Crippen molar-refractivity contribution in [1.29, 1.82) is 5.26 Å². The summed E-state index contributed by atoms with van der Waals surface area (Å²) in [5.41, 5.74) is 1.65. The average Bonchev–Trinajstić information content (AvgIpc) is 3.18. The van der Waals surface area contributed by atoms with E-state index in [2.05, 4.69) is 11.1 Å². The molecule has 1 aliphatic rings. The average molecular weight is 393 g/mol. The molecule has 4 rings (SSSR count). The maximum atomic E-state index is 12.7. The summed E-state index contributed by atoms with van der Waals surface area (Å²) in [6.07, 6.45) is 0. The van der Waals surface area contributed by atoms with Crippen LogP contribution in [0.2, 0.25) is 5.02 Å². The van der Waals surface area contributed by atoms with Crippen molar-refractivity contribution in [3.8, 4) is 17.5 Å². The molecule has 140 valence electrons. The Hall–Kier alpha value is -3.30. The maximum Gasteiger partial charge on any atom is 0.254 e. The molecule has 7 heteroatoms. The summed E-state index contributed by atoms with van der Waals surface area (Å²) in [6.45, 7) is 2.17. The van der Waals surface area contributed by atoms with Crippen molar-refractivity contribution in [3.05, 3.63) is 70.9 Å². The summed E-state index contributed by atoms with van der Waals surface area (Å²) in [6, 6.07) is 18.5. The monoisotopic (exact) mass is 392 g/mol. The van der Waals surface area contributed by atoms with Gasteiger partial charge in [0, 0.05) is 42.3 Å². The summed E-state index contributed by atoms with van der Waals surface area (Å²) in [5.74, 6) is 0.825. The van der Waals surface area contributed by atoms with Gasteiger partial charge in [0.05, 0.1) is 0 Å². The van der Waals surface area contributed by atoms with Crippen LogP contribution in [0, 0.1) is 11.3 Å². The zero-order chi connectivity index (χ0) is 19.5. The van der Waals surface area contributed by atoms with E-state index >= 15 is 0 Å². The van der Waals surface area contributed by atoms with Crippen LogP contribution in [0.1, 0.15) is 16.1 Å². The summed E-state index contributed by atoms with van der Waals surface area (Å²) in [4.78, 5) is 20.7. The molecule has 1 saturated heterocycles. The zero-order valence-corrected chi connectivity index (χ0v) is 15.8. The van der Waals surface area contributed by atoms with E-state index in [9.17, 15) is 10.1 Å². The molecule has 0 aliphatic carbocycles. The van der Waals surface area contributed by atoms with Gasteiger partial charge < -0.3 is 14.2 Å². The molecule has 2 heterocycles. The Morgan fingerprint density at radius 3 is 2.50 bits per heavy atom. The number of oxazole rings is 1. The molecule has 0 radical (unpaired) electrons. The number of carbonyl (C=O) groups is 1. The molecule has 1 amide bonds. The van der Waals surface area contributed by atoms with Gasteiger partial charge >= 0.3 is 0 Å². The SMILES string of the molecule is N#Cc1nc(-c2ccccc2)oc1N1CCN(C(=O)c2cccc(Cl)c2)CC1. The van der Waals surface area contributed by atoms with Gasteiger partial charge in [-0.2, -0.15) is 10.2 Å². The van der Waals surface area contributed by atoms with Crippen LogP contribution in [0.3, 0.4) is 0 Å². The van der Waals surface area contributed by atoms with Gasteiger partial charge in [-0.25, -0.2) is 0 Å². The van der Waals surface area contributed by atoms with E-state index < -0.39 is 0 Å². The number of carbonyl (C=O) groups excluding carboxylic acids is 1. The lowest BCUT2D eigenvalue weighted by Gasteiger charge is -2.34. The molecule has 0 atom stereocenters. The van der Waals surface area contributed by atoms with Crippen molar-refractivity contribution in [2.45, 2.75) is 0 Å². The standard InChI is InChI=1S/C21H17ClN4O2/c22-17-8-4-7-16(13-17)20(27)25-9-11-26(12-10-25)21-18(14-23)24-19(28-21)15-5-2-1-3-6-15/h1-8,13H,9-12H2. The fourth-order valence-electron chi connectivity index (χ4n) is 3.22. The molecule has 0 unspecified atom stereocenters. The highest BCUT2D eigenvalue weighted by Crippen LogP contribution is 2.29. The van der Waals surface area contributed by atoms with Crippen LogP contribution in [0.25, 0.3) is 11.5 Å². The number of nitrogens with zero attached hydrogens (tertiary/aromatic N) is 4. The molecule has 1 fully saturated rings. The number of halogens is 1. The summed E-state index contributed by atoms with van der Waals surface area (Å²) >= 11 is 5.99. The Kier molecular flexibility index (Phi) is 5.00. The second kappa shape index (κ2) is 7.75. The molecule has 1 aromatic heterocycles. The van der Waals surface area contributed by atoms with E-state index in [4.69, 9.17) is 16.0 Å². The van der Waals surface area contributed by atoms with E-state index in [-0.39, 0.29) is 11.6 Å². The van der Waals surface area contributed by atoms with Gasteiger partial charge in [0.25, 0.3) is 5.91 Å². The van der Waals surface area contributed by atoms with Crippen LogP contribution in [-0.2, 0) is 0 Å². The van der Waals surface area contributed by atoms with Crippen LogP contribution < -0.4 is 4.90 Å². The smallest absolute Gasteiger partial charge is 0.254 e. The number of hydrogen-bond acceptors (Lipinski definition) is 5. The first-order valence-corrected chi connectivity index (χ1v) is 9.29. The predicted octanol–water partition coefficient (Wildman–Crippen LogP) is 3.83. The molecule has 28 heavy (non-hydrogen) atoms. The van der Waals surface area contributed by atoms with E-state index in [1.54, 1.807) is 29.2 Å². The van der Waals surface area contributed by atoms with Crippen LogP contribution >= 0.6 is 11.6 Å². The van der Waals surface area contributed by atoms with Gasteiger partial charge in [0.15, 0.2) is 0 Å². The first-order valence-electron chi connectivity index (χ1n) is 8.92. The summed E-state index contributed by atoms with van der Waals surface area (Å²) < 4.78 is 5.90. The van der Waals surface area contributed by atoms with Gasteiger partial charge in [0.1, 0.15) is 6.07 Å². The Bertz CT molecular complexity index is 1030. The van der Waals surface area contributed by atoms with Crippen LogP contribution in [0.5, 0.6) is 0 Å². The second-order valence-electron chi connectivity index (χ2n) is 6.44. The Labute approximate surface area is 167 Å². The van der Waals surface area contributed by atoms with Crippen molar-refractivity contribution in [2.24, 2.45) is 0 Å². The van der Waals surface area contributed by atoms with Gasteiger partial charge in [-0.1, -0.05) is 35.9 Å². The quantitative estimate of drug-likeness (QED) is 0.677. The molecule has 6 nitrogen and oxygen atoms in total. The number of nitriles is 1. The minimum Gasteiger partial charge on any atom is -0.419 e. The molecule has 0 bridgehead atoms. The number of anilines is 1. The highest BCUT2D eigenvalue weighted by molar-refractivity contribution is 6.30. The summed E-state index contributed by atoms with van der Waals surface area (Å²) in [5, 5.41) is 9.99. The Balaban J connectivity index is 1.49. The van der Waals surface area contributed by atoms with Gasteiger partial charge in [-0.05, 0) is 30.3 Å². The van der Waals surface area contributed by atoms with E-state index in [1.165, 1.54) is 0 Å². The van der Waals surface area contributed by atoms with Crippen molar-refractivity contribution >= 4 is 23.4 Å². The topological polar surface area (TPSA) is 73.4 Å². The lowest BCUT2D eigenvalue weighted by molar-refractivity contribution is 0.0745. The van der Waals surface area contributed by atoms with Gasteiger partial charge in [0.2, 0.25) is 17.5 Å². The van der Waals surface area contributed by atoms with Crippen LogP contribution in [0.4, 0.5) is 5.88 Å². The zero-order valence-electron chi connectivity index (χ0n) is 15.0. The minimum atomic E-state index is -0.0507. The first-order chi connectivity index (χ1) is 13.7. The number of aromatic nitrogens is 1. The molecule has 1 aliphatic heterocycles. The van der Waals surface area contributed by atoms with Crippen LogP contribution in [-0.4, -0.2) is 42.0 Å². The summed E-state index contributed by atoms with van der Waals surface area (Å²) in [7, 11) is 0. The number of amides is 1. The Morgan fingerprint density at radius 1 is 1.07 bits per heavy atom. The highest BCUT2D eigenvalue weighted by atomic mass is 35.5. The van der Waals surface area contributed by atoms with E-state index in [0.29, 0.717) is 48.5 Å². The lowest BCUT2D eigenvalue weighted by atomic mass is 10.2. The minimum absolute atomic E-state index is 0.0507. The Morgan fingerprint density at radius 2 is 1.82 bits per heavy atom. The van der Waals surface area contributed by atoms with Crippen molar-refractivity contribution in [1.82, 2.24) is 9.88 Å². The molecule has 0 saturated carbocycles. The fraction of sp³-hybridized carbons (Fsp3) is 0.190. The molecular formula is C21H17ClN4O2. The fourth-order valence-corrected chi connectivity index (χ4v) is 3.41. The molecule has 3 aromatic rings. The van der Waals surface area contributed by atoms with Gasteiger partial charge in [-0.15, -0.1) is 0 Å².